The van der Waals surface area contributed by atoms with Crippen LogP contribution in [0.3, 0.4) is 0 Å². The molecule has 2 N–H and O–H groups in total. The van der Waals surface area contributed by atoms with Crippen molar-refractivity contribution in [3.63, 3.8) is 0 Å². The quantitative estimate of drug-likeness (QED) is 0.276. The smallest absolute Gasteiger partial charge is 0.196 e. The molecule has 1 fully saturated rings. The predicted octanol–water partition coefficient (Wildman–Crippen LogP) is 4.12. The van der Waals surface area contributed by atoms with Crippen molar-refractivity contribution in [2.75, 3.05) is 51.9 Å². The highest BCUT2D eigenvalue weighted by atomic mass is 127. The number of methoxy groups -OCH3 is 1. The Labute approximate surface area is 208 Å². The number of benzene rings is 2. The number of nitrogens with zero attached hydrogens (tertiary/aromatic N) is 2. The van der Waals surface area contributed by atoms with Gasteiger partial charge in [-0.2, -0.15) is 0 Å². The Morgan fingerprint density at radius 2 is 1.81 bits per heavy atom. The molecule has 0 amide bonds. The van der Waals surface area contributed by atoms with Gasteiger partial charge >= 0.3 is 0 Å². The van der Waals surface area contributed by atoms with Crippen molar-refractivity contribution in [2.24, 2.45) is 4.99 Å². The lowest BCUT2D eigenvalue weighted by Gasteiger charge is -2.27. The third-order valence-corrected chi connectivity index (χ3v) is 5.09. The van der Waals surface area contributed by atoms with Gasteiger partial charge in [0.25, 0.3) is 0 Å². The highest BCUT2D eigenvalue weighted by Gasteiger charge is 2.13. The molecule has 0 saturated carbocycles. The monoisotopic (exact) mass is 554 g/mol. The lowest BCUT2D eigenvalue weighted by molar-refractivity contribution is 0.0341. The Hall–Kier alpha value is -2.04. The van der Waals surface area contributed by atoms with Gasteiger partial charge in [-0.1, -0.05) is 24.3 Å². The maximum atomic E-state index is 5.69. The van der Waals surface area contributed by atoms with Crippen molar-refractivity contribution in [2.45, 2.75) is 26.9 Å². The summed E-state index contributed by atoms with van der Waals surface area (Å²) >= 11 is 0. The molecular weight excluding hydrogens is 519 g/mol. The lowest BCUT2D eigenvalue weighted by atomic mass is 10.1. The first-order valence-electron chi connectivity index (χ1n) is 11.0. The van der Waals surface area contributed by atoms with Gasteiger partial charge in [-0.15, -0.1) is 24.0 Å². The summed E-state index contributed by atoms with van der Waals surface area (Å²) in [6, 6.07) is 14.3. The molecule has 0 aliphatic carbocycles. The fraction of sp³-hybridized carbons (Fsp3) is 0.458. The zero-order valence-corrected chi connectivity index (χ0v) is 21.6. The first kappa shape index (κ1) is 26.2. The van der Waals surface area contributed by atoms with Crippen LogP contribution in [0.2, 0.25) is 0 Å². The van der Waals surface area contributed by atoms with Gasteiger partial charge in [0.1, 0.15) is 0 Å². The summed E-state index contributed by atoms with van der Waals surface area (Å²) in [6.45, 7) is 10.5. The molecule has 0 unspecified atom stereocenters. The summed E-state index contributed by atoms with van der Waals surface area (Å²) in [5, 5.41) is 6.70. The third kappa shape index (κ3) is 7.83. The second-order valence-electron chi connectivity index (χ2n) is 7.28. The largest absolute Gasteiger partial charge is 0.493 e. The molecule has 32 heavy (non-hydrogen) atoms. The standard InChI is InChI=1S/C24H34N4O3.HI/c1-4-25-24(27-21-10-11-22(29-3)23(16-21)31-5-2)26-17-19-8-6-7-9-20(19)18-28-12-14-30-15-13-28;/h6-11,16H,4-5,12-15,17-18H2,1-3H3,(H2,25,26,27);1H. The Kier molecular flexibility index (Phi) is 11.6. The molecule has 2 aromatic rings. The van der Waals surface area contributed by atoms with Gasteiger partial charge in [-0.05, 0) is 37.1 Å². The molecule has 7 nitrogen and oxygen atoms in total. The maximum Gasteiger partial charge on any atom is 0.196 e. The van der Waals surface area contributed by atoms with E-state index in [0.717, 1.165) is 51.0 Å². The third-order valence-electron chi connectivity index (χ3n) is 5.09. The highest BCUT2D eigenvalue weighted by molar-refractivity contribution is 14.0. The van der Waals surface area contributed by atoms with Crippen LogP contribution in [0, 0.1) is 0 Å². The summed E-state index contributed by atoms with van der Waals surface area (Å²) in [4.78, 5) is 7.26. The Balaban J connectivity index is 0.00000363. The van der Waals surface area contributed by atoms with Crippen molar-refractivity contribution in [3.05, 3.63) is 53.6 Å². The van der Waals surface area contributed by atoms with Gasteiger partial charge in [-0.3, -0.25) is 4.90 Å². The van der Waals surface area contributed by atoms with E-state index in [1.165, 1.54) is 11.1 Å². The van der Waals surface area contributed by atoms with E-state index in [1.54, 1.807) is 7.11 Å². The second-order valence-corrected chi connectivity index (χ2v) is 7.28. The van der Waals surface area contributed by atoms with Crippen LogP contribution >= 0.6 is 24.0 Å². The number of guanidine groups is 1. The van der Waals surface area contributed by atoms with E-state index < -0.39 is 0 Å². The first-order chi connectivity index (χ1) is 15.2. The number of hydrogen-bond donors (Lipinski definition) is 2. The summed E-state index contributed by atoms with van der Waals surface area (Å²) in [5.74, 6) is 2.16. The molecule has 3 rings (SSSR count). The second kappa shape index (κ2) is 14.2. The molecule has 1 aliphatic rings. The predicted molar refractivity (Wildman–Crippen MR) is 141 cm³/mol. The number of aliphatic imine (C=N–C) groups is 1. The fourth-order valence-corrected chi connectivity index (χ4v) is 3.50. The zero-order valence-electron chi connectivity index (χ0n) is 19.2. The average Bonchev–Trinajstić information content (AvgIpc) is 2.80. The molecule has 0 radical (unpaired) electrons. The molecule has 1 saturated heterocycles. The van der Waals surface area contributed by atoms with E-state index in [0.29, 0.717) is 24.7 Å². The van der Waals surface area contributed by atoms with E-state index in [4.69, 9.17) is 19.2 Å². The minimum atomic E-state index is 0. The number of rotatable bonds is 9. The zero-order chi connectivity index (χ0) is 21.9. The Bertz CT molecular complexity index is 857. The molecule has 176 valence electrons. The number of anilines is 1. The molecule has 0 bridgehead atoms. The minimum absolute atomic E-state index is 0. The van der Waals surface area contributed by atoms with Crippen LogP contribution in [-0.2, 0) is 17.8 Å². The van der Waals surface area contributed by atoms with Crippen LogP contribution in [0.4, 0.5) is 5.69 Å². The summed E-state index contributed by atoms with van der Waals surface area (Å²) in [5.41, 5.74) is 3.44. The van der Waals surface area contributed by atoms with Gasteiger partial charge < -0.3 is 24.8 Å². The van der Waals surface area contributed by atoms with Crippen LogP contribution < -0.4 is 20.1 Å². The Morgan fingerprint density at radius 3 is 2.50 bits per heavy atom. The summed E-state index contributed by atoms with van der Waals surface area (Å²) < 4.78 is 16.5. The van der Waals surface area contributed by atoms with E-state index in [1.807, 2.05) is 25.1 Å². The van der Waals surface area contributed by atoms with Crippen molar-refractivity contribution < 1.29 is 14.2 Å². The minimum Gasteiger partial charge on any atom is -0.493 e. The van der Waals surface area contributed by atoms with Gasteiger partial charge in [0, 0.05) is 37.9 Å². The number of morpholine rings is 1. The molecule has 8 heteroatoms. The number of nitrogens with one attached hydrogen (secondary N) is 2. The van der Waals surface area contributed by atoms with Gasteiger partial charge in [0.15, 0.2) is 17.5 Å². The molecule has 1 heterocycles. The fourth-order valence-electron chi connectivity index (χ4n) is 3.50. The topological polar surface area (TPSA) is 67.4 Å². The SMILES string of the molecule is CCNC(=NCc1ccccc1CN1CCOCC1)Nc1ccc(OC)c(OCC)c1.I. The van der Waals surface area contributed by atoms with Gasteiger partial charge in [-0.25, -0.2) is 4.99 Å². The molecule has 0 atom stereocenters. The van der Waals surface area contributed by atoms with Crippen molar-refractivity contribution in [1.29, 1.82) is 0 Å². The van der Waals surface area contributed by atoms with Crippen molar-refractivity contribution >= 4 is 35.6 Å². The molecule has 0 spiro atoms. The highest BCUT2D eigenvalue weighted by Crippen LogP contribution is 2.30. The first-order valence-corrected chi connectivity index (χ1v) is 11.0. The van der Waals surface area contributed by atoms with E-state index in [9.17, 15) is 0 Å². The van der Waals surface area contributed by atoms with E-state index in [2.05, 4.69) is 46.7 Å². The van der Waals surface area contributed by atoms with Crippen LogP contribution in [-0.4, -0.2) is 57.4 Å². The van der Waals surface area contributed by atoms with Gasteiger partial charge in [0.05, 0.1) is 33.5 Å². The molecule has 0 aromatic heterocycles. The van der Waals surface area contributed by atoms with Crippen molar-refractivity contribution in [3.8, 4) is 11.5 Å². The normalized spacial score (nSPS) is 14.4. The van der Waals surface area contributed by atoms with E-state index in [-0.39, 0.29) is 24.0 Å². The van der Waals surface area contributed by atoms with Crippen LogP contribution in [0.25, 0.3) is 0 Å². The molecule has 1 aliphatic heterocycles. The average molecular weight is 554 g/mol. The van der Waals surface area contributed by atoms with Crippen LogP contribution in [0.15, 0.2) is 47.5 Å². The maximum absolute atomic E-state index is 5.69. The van der Waals surface area contributed by atoms with Crippen LogP contribution in [0.1, 0.15) is 25.0 Å². The van der Waals surface area contributed by atoms with Crippen molar-refractivity contribution in [1.82, 2.24) is 10.2 Å². The number of halogens is 1. The van der Waals surface area contributed by atoms with Gasteiger partial charge in [0.2, 0.25) is 0 Å². The van der Waals surface area contributed by atoms with Crippen LogP contribution in [0.5, 0.6) is 11.5 Å². The number of hydrogen-bond acceptors (Lipinski definition) is 5. The molecule has 2 aromatic carbocycles. The van der Waals surface area contributed by atoms with E-state index >= 15 is 0 Å². The summed E-state index contributed by atoms with van der Waals surface area (Å²) in [6.07, 6.45) is 0. The Morgan fingerprint density at radius 1 is 1.06 bits per heavy atom. The molecular formula is C24H35IN4O3. The summed E-state index contributed by atoms with van der Waals surface area (Å²) in [7, 11) is 1.64. The number of ether oxygens (including phenoxy) is 3. The lowest BCUT2D eigenvalue weighted by Crippen LogP contribution is -2.35.